The molecule has 0 heterocycles. The third-order valence-corrected chi connectivity index (χ3v) is 0.774. The third-order valence-electron chi connectivity index (χ3n) is 0.774. The van der Waals surface area contributed by atoms with E-state index in [0.29, 0.717) is 13.1 Å². The van der Waals surface area contributed by atoms with Gasteiger partial charge in [-0.25, -0.2) is 0 Å². The van der Waals surface area contributed by atoms with Crippen LogP contribution in [0.2, 0.25) is 0 Å². The molecule has 0 aliphatic carbocycles. The molecule has 0 saturated heterocycles. The van der Waals surface area contributed by atoms with Gasteiger partial charge in [-0.15, -0.1) is 5.53 Å². The topological polar surface area (TPSA) is 112 Å². The molecule has 0 aromatic heterocycles. The summed E-state index contributed by atoms with van der Waals surface area (Å²) in [5.74, 6) is 0. The number of benzene rings is 1. The molecule has 0 aliphatic heterocycles. The second kappa shape index (κ2) is 11.7. The van der Waals surface area contributed by atoms with Crippen molar-refractivity contribution in [3.63, 3.8) is 0 Å². The zero-order valence-electron chi connectivity index (χ0n) is 10.4. The number of nitrogens with one attached hydrogen (secondary N) is 1. The fourth-order valence-corrected chi connectivity index (χ4v) is 0.342. The molecule has 0 bridgehead atoms. The van der Waals surface area contributed by atoms with Crippen LogP contribution >= 0.6 is 7.81 Å². The van der Waals surface area contributed by atoms with Crippen molar-refractivity contribution >= 4 is 7.81 Å². The van der Waals surface area contributed by atoms with Crippen LogP contribution in [0.5, 0.6) is 0 Å². The van der Waals surface area contributed by atoms with Crippen LogP contribution in [0.4, 0.5) is 25.2 Å². The van der Waals surface area contributed by atoms with Gasteiger partial charge in [0.1, 0.15) is 0 Å². The Hall–Kier alpha value is -0.917. The number of nitrogens with zero attached hydrogens (tertiary/aromatic N) is 2. The Balaban J connectivity index is -0.0000000949. The van der Waals surface area contributed by atoms with Crippen LogP contribution in [0.3, 0.4) is 0 Å². The Morgan fingerprint density at radius 1 is 0.952 bits per heavy atom. The van der Waals surface area contributed by atoms with E-state index in [9.17, 15) is 25.2 Å². The molecule has 21 heavy (non-hydrogen) atoms. The van der Waals surface area contributed by atoms with E-state index in [2.05, 4.69) is 6.07 Å². The molecule has 1 aromatic rings. The number of halogens is 6. The van der Waals surface area contributed by atoms with Gasteiger partial charge in [-0.2, -0.15) is 36.4 Å². The minimum atomic E-state index is -10.7. The molecule has 0 amide bonds. The summed E-state index contributed by atoms with van der Waals surface area (Å²) < 4.78 is 59.2. The van der Waals surface area contributed by atoms with Crippen LogP contribution in [0.25, 0.3) is 10.4 Å². The minimum absolute atomic E-state index is 0. The SMILES string of the molecule is F[P-](F)(F)(F)(F)F.NCCN.[N-]=[N+]=N.[Ru+2].[c-]1ccccc1. The van der Waals surface area contributed by atoms with Gasteiger partial charge >= 0.3 is 52.5 Å². The van der Waals surface area contributed by atoms with E-state index < -0.39 is 7.81 Å². The number of hydrogen-bond donors (Lipinski definition) is 3. The summed E-state index contributed by atoms with van der Waals surface area (Å²) in [7, 11) is -10.7. The summed E-state index contributed by atoms with van der Waals surface area (Å²) in [4.78, 5) is 1.75. The van der Waals surface area contributed by atoms with Gasteiger partial charge < -0.3 is 11.5 Å². The molecule has 0 unspecified atom stereocenters. The van der Waals surface area contributed by atoms with Crippen molar-refractivity contribution in [2.45, 2.75) is 0 Å². The molecule has 13 heteroatoms. The first-order valence-electron chi connectivity index (χ1n) is 4.66. The summed E-state index contributed by atoms with van der Waals surface area (Å²) in [6, 6.07) is 12.5. The summed E-state index contributed by atoms with van der Waals surface area (Å²) in [5.41, 5.74) is 22.1. The van der Waals surface area contributed by atoms with E-state index in [1.165, 1.54) is 0 Å². The van der Waals surface area contributed by atoms with Crippen molar-refractivity contribution in [2.24, 2.45) is 11.5 Å². The number of nitrogens with two attached hydrogens (primary N) is 2. The maximum atomic E-state index is 9.87. The van der Waals surface area contributed by atoms with Crippen LogP contribution < -0.4 is 11.5 Å². The first-order chi connectivity index (χ1) is 8.78. The molecule has 0 radical (unpaired) electrons. The van der Waals surface area contributed by atoms with Gasteiger partial charge in [0.2, 0.25) is 0 Å². The number of rotatable bonds is 1. The quantitative estimate of drug-likeness (QED) is 0.116. The smallest absolute Gasteiger partial charge is 0.329 e. The Bertz CT molecular complexity index is 326. The third kappa shape index (κ3) is 150. The number of hydrogen-bond acceptors (Lipinski definition) is 3. The average Bonchev–Trinajstić information content (AvgIpc) is 2.29. The predicted octanol–water partition coefficient (Wildman–Crippen LogP) is 4.65. The average molecular weight is 426 g/mol. The van der Waals surface area contributed by atoms with Gasteiger partial charge in [-0.1, -0.05) is 0 Å². The van der Waals surface area contributed by atoms with Crippen molar-refractivity contribution in [1.82, 2.24) is 0 Å². The van der Waals surface area contributed by atoms with Crippen molar-refractivity contribution in [3.05, 3.63) is 46.8 Å². The molecule has 0 atom stereocenters. The van der Waals surface area contributed by atoms with E-state index in [0.717, 1.165) is 0 Å². The molecular formula is C8H14F6N5PRu. The first kappa shape index (κ1) is 28.3. The first-order valence-corrected chi connectivity index (χ1v) is 6.69. The van der Waals surface area contributed by atoms with Crippen molar-refractivity contribution in [2.75, 3.05) is 13.1 Å². The Kier molecular flexibility index (Phi) is 15.8. The maximum Gasteiger partial charge on any atom is 2.00 e. The van der Waals surface area contributed by atoms with Gasteiger partial charge in [-0.3, -0.25) is 0 Å². The van der Waals surface area contributed by atoms with E-state index >= 15 is 0 Å². The monoisotopic (exact) mass is 427 g/mol. The standard InChI is InChI=1S/C6H5.C2H8N2.F6P.HN3.Ru/c1-2-4-6-5-3-1;3-1-2-4;1-7(2,3,4,5)6;1-3-2;/h1-5H;1-4H2;;1H;/q-1;;-1;;+2. The minimum Gasteiger partial charge on any atom is -0.329 e. The van der Waals surface area contributed by atoms with E-state index in [4.69, 9.17) is 22.5 Å². The summed E-state index contributed by atoms with van der Waals surface area (Å²) >= 11 is 0. The molecule has 0 saturated carbocycles. The second-order valence-corrected chi connectivity index (χ2v) is 4.63. The second-order valence-electron chi connectivity index (χ2n) is 2.71. The van der Waals surface area contributed by atoms with Crippen molar-refractivity contribution in [1.29, 1.82) is 5.53 Å². The van der Waals surface area contributed by atoms with Crippen LogP contribution in [0.15, 0.2) is 30.3 Å². The van der Waals surface area contributed by atoms with Gasteiger partial charge in [0, 0.05) is 13.1 Å². The normalized spacial score (nSPS) is 11.8. The van der Waals surface area contributed by atoms with E-state index in [1.807, 2.05) is 30.3 Å². The van der Waals surface area contributed by atoms with Crippen molar-refractivity contribution in [3.8, 4) is 0 Å². The molecule has 0 fully saturated rings. The molecule has 1 aromatic carbocycles. The molecular weight excluding hydrogens is 412 g/mol. The van der Waals surface area contributed by atoms with Gasteiger partial charge in [0.25, 0.3) is 0 Å². The zero-order chi connectivity index (χ0) is 16.8. The molecule has 126 valence electrons. The predicted molar refractivity (Wildman–Crippen MR) is 66.4 cm³/mol. The zero-order valence-corrected chi connectivity index (χ0v) is 13.1. The van der Waals surface area contributed by atoms with Crippen LogP contribution in [0.1, 0.15) is 0 Å². The fourth-order valence-electron chi connectivity index (χ4n) is 0.342. The van der Waals surface area contributed by atoms with E-state index in [-0.39, 0.29) is 19.5 Å². The van der Waals surface area contributed by atoms with Gasteiger partial charge in [0.15, 0.2) is 0 Å². The van der Waals surface area contributed by atoms with E-state index in [1.54, 1.807) is 4.91 Å². The largest absolute Gasteiger partial charge is 2.00 e. The molecule has 0 aliphatic rings. The summed E-state index contributed by atoms with van der Waals surface area (Å²) in [6.07, 6.45) is 0. The van der Waals surface area contributed by atoms with Crippen LogP contribution in [-0.4, -0.2) is 13.1 Å². The molecule has 5 nitrogen and oxygen atoms in total. The van der Waals surface area contributed by atoms with Crippen LogP contribution in [0, 0.1) is 11.6 Å². The Labute approximate surface area is 130 Å². The van der Waals surface area contributed by atoms with Crippen LogP contribution in [-0.2, 0) is 19.5 Å². The molecule has 0 spiro atoms. The van der Waals surface area contributed by atoms with Crippen molar-refractivity contribution < 1.29 is 44.7 Å². The van der Waals surface area contributed by atoms with Gasteiger partial charge in [0.05, 0.1) is 0 Å². The molecule has 5 N–H and O–H groups in total. The van der Waals surface area contributed by atoms with Gasteiger partial charge in [-0.05, 0) is 10.4 Å². The molecule has 1 rings (SSSR count). The maximum absolute atomic E-state index is 10.7. The summed E-state index contributed by atoms with van der Waals surface area (Å²) in [6.45, 7) is 1.19. The fraction of sp³-hybridized carbons (Fsp3) is 0.250. The Morgan fingerprint density at radius 2 is 1.19 bits per heavy atom. The summed E-state index contributed by atoms with van der Waals surface area (Å²) in [5, 5.41) is 0. The Morgan fingerprint density at radius 3 is 1.24 bits per heavy atom.